The van der Waals surface area contributed by atoms with Gasteiger partial charge in [0.05, 0.1) is 12.7 Å². The third kappa shape index (κ3) is 5.16. The molecule has 31 heavy (non-hydrogen) atoms. The van der Waals surface area contributed by atoms with Crippen LogP contribution < -0.4 is 4.74 Å². The monoisotopic (exact) mass is 415 g/mol. The molecule has 0 atom stereocenters. The van der Waals surface area contributed by atoms with E-state index in [4.69, 9.17) is 14.0 Å². The van der Waals surface area contributed by atoms with E-state index in [0.717, 1.165) is 22.4 Å². The van der Waals surface area contributed by atoms with Gasteiger partial charge in [-0.25, -0.2) is 4.79 Å². The van der Waals surface area contributed by atoms with Crippen molar-refractivity contribution >= 4 is 5.97 Å². The average molecular weight is 415 g/mol. The number of carbonyl (C=O) groups excluding carboxylic acids is 1. The molecule has 5 nitrogen and oxygen atoms in total. The Labute approximate surface area is 182 Å². The maximum atomic E-state index is 12.5. The molecule has 5 heteroatoms. The van der Waals surface area contributed by atoms with Crippen molar-refractivity contribution in [2.24, 2.45) is 5.92 Å². The van der Waals surface area contributed by atoms with Gasteiger partial charge in [0, 0.05) is 23.1 Å². The van der Waals surface area contributed by atoms with Gasteiger partial charge in [-0.05, 0) is 55.7 Å². The fraction of sp³-hybridized carbons (Fsp3) is 0.308. The van der Waals surface area contributed by atoms with E-state index in [1.165, 1.54) is 25.7 Å². The molecular formula is C26H25NO4. The van der Waals surface area contributed by atoms with Gasteiger partial charge in [-0.2, -0.15) is 0 Å². The Morgan fingerprint density at radius 1 is 1.16 bits per heavy atom. The van der Waals surface area contributed by atoms with Gasteiger partial charge in [0.15, 0.2) is 12.4 Å². The summed E-state index contributed by atoms with van der Waals surface area (Å²) in [6.45, 7) is 1.98. The minimum atomic E-state index is -0.405. The molecular weight excluding hydrogens is 390 g/mol. The topological polar surface area (TPSA) is 61.6 Å². The van der Waals surface area contributed by atoms with Crippen molar-refractivity contribution in [2.45, 2.75) is 39.2 Å². The second-order valence-electron chi connectivity index (χ2n) is 7.77. The SMILES string of the molecule is COc1cccc(-c2cc(COC(=O)c3ccc(C#CC4CCCC4)c(C)c3)on2)c1. The zero-order valence-electron chi connectivity index (χ0n) is 17.8. The maximum Gasteiger partial charge on any atom is 0.338 e. The van der Waals surface area contributed by atoms with Crippen molar-refractivity contribution in [3.63, 3.8) is 0 Å². The maximum absolute atomic E-state index is 12.5. The van der Waals surface area contributed by atoms with Crippen LogP contribution in [0.3, 0.4) is 0 Å². The molecule has 1 aromatic heterocycles. The van der Waals surface area contributed by atoms with Crippen molar-refractivity contribution < 1.29 is 18.8 Å². The first-order valence-corrected chi connectivity index (χ1v) is 10.5. The van der Waals surface area contributed by atoms with Gasteiger partial charge in [-0.1, -0.05) is 42.0 Å². The highest BCUT2D eigenvalue weighted by atomic mass is 16.5. The van der Waals surface area contributed by atoms with Crippen molar-refractivity contribution in [1.29, 1.82) is 0 Å². The molecule has 1 aliphatic rings. The van der Waals surface area contributed by atoms with Crippen LogP contribution in [0.15, 0.2) is 53.1 Å². The van der Waals surface area contributed by atoms with Gasteiger partial charge in [0.25, 0.3) is 0 Å². The fourth-order valence-electron chi connectivity index (χ4n) is 3.70. The van der Waals surface area contributed by atoms with Crippen LogP contribution in [-0.2, 0) is 11.3 Å². The van der Waals surface area contributed by atoms with Gasteiger partial charge in [0.1, 0.15) is 11.4 Å². The molecule has 0 spiro atoms. The molecule has 0 unspecified atom stereocenters. The molecule has 158 valence electrons. The van der Waals surface area contributed by atoms with E-state index in [1.54, 1.807) is 19.2 Å². The van der Waals surface area contributed by atoms with Gasteiger partial charge in [-0.15, -0.1) is 0 Å². The third-order valence-corrected chi connectivity index (χ3v) is 5.50. The summed E-state index contributed by atoms with van der Waals surface area (Å²) in [6.07, 6.45) is 4.93. The summed E-state index contributed by atoms with van der Waals surface area (Å²) >= 11 is 0. The number of aryl methyl sites for hydroxylation is 1. The first-order chi connectivity index (χ1) is 15.1. The first kappa shape index (κ1) is 20.7. The number of ether oxygens (including phenoxy) is 2. The largest absolute Gasteiger partial charge is 0.497 e. The predicted octanol–water partition coefficient (Wildman–Crippen LogP) is 5.56. The normalized spacial score (nSPS) is 13.5. The number of carbonyl (C=O) groups is 1. The number of hydrogen-bond acceptors (Lipinski definition) is 5. The Morgan fingerprint density at radius 2 is 2.00 bits per heavy atom. The quantitative estimate of drug-likeness (QED) is 0.403. The zero-order valence-corrected chi connectivity index (χ0v) is 17.8. The van der Waals surface area contributed by atoms with Gasteiger partial charge in [0.2, 0.25) is 0 Å². The van der Waals surface area contributed by atoms with E-state index in [2.05, 4.69) is 17.0 Å². The summed E-state index contributed by atoms with van der Waals surface area (Å²) in [6, 6.07) is 14.8. The lowest BCUT2D eigenvalue weighted by atomic mass is 10.0. The minimum absolute atomic E-state index is 0.0120. The molecule has 0 N–H and O–H groups in total. The number of rotatable bonds is 5. The molecule has 0 saturated heterocycles. The third-order valence-electron chi connectivity index (χ3n) is 5.50. The van der Waals surface area contributed by atoms with Gasteiger partial charge >= 0.3 is 5.97 Å². The van der Waals surface area contributed by atoms with Crippen molar-refractivity contribution in [3.8, 4) is 28.8 Å². The number of hydrogen-bond donors (Lipinski definition) is 0. The Morgan fingerprint density at radius 3 is 2.77 bits per heavy atom. The highest BCUT2D eigenvalue weighted by molar-refractivity contribution is 5.89. The van der Waals surface area contributed by atoms with Crippen LogP contribution in [-0.4, -0.2) is 18.2 Å². The van der Waals surface area contributed by atoms with Crippen LogP contribution in [0.2, 0.25) is 0 Å². The van der Waals surface area contributed by atoms with Crippen LogP contribution in [0.1, 0.15) is 52.9 Å². The Bertz CT molecular complexity index is 1130. The van der Waals surface area contributed by atoms with Crippen LogP contribution >= 0.6 is 0 Å². The molecule has 1 fully saturated rings. The number of nitrogens with zero attached hydrogens (tertiary/aromatic N) is 1. The summed E-state index contributed by atoms with van der Waals surface area (Å²) in [5.41, 5.74) is 3.95. The second kappa shape index (κ2) is 9.53. The molecule has 1 heterocycles. The fourth-order valence-corrected chi connectivity index (χ4v) is 3.70. The van der Waals surface area contributed by atoms with E-state index in [-0.39, 0.29) is 6.61 Å². The highest BCUT2D eigenvalue weighted by Crippen LogP contribution is 2.25. The summed E-state index contributed by atoms with van der Waals surface area (Å²) in [7, 11) is 1.61. The molecule has 2 aromatic carbocycles. The average Bonchev–Trinajstić information content (AvgIpc) is 3.49. The number of methoxy groups -OCH3 is 1. The Hall–Kier alpha value is -3.52. The van der Waals surface area contributed by atoms with Crippen LogP contribution in [0.4, 0.5) is 0 Å². The highest BCUT2D eigenvalue weighted by Gasteiger charge is 2.14. The molecule has 1 aliphatic carbocycles. The van der Waals surface area contributed by atoms with Gasteiger partial charge in [-0.3, -0.25) is 0 Å². The summed E-state index contributed by atoms with van der Waals surface area (Å²) in [5, 5.41) is 4.05. The van der Waals surface area contributed by atoms with E-state index in [1.807, 2.05) is 43.3 Å². The van der Waals surface area contributed by atoms with Crippen LogP contribution in [0.5, 0.6) is 5.75 Å². The molecule has 1 saturated carbocycles. The Balaban J connectivity index is 1.37. The van der Waals surface area contributed by atoms with E-state index in [0.29, 0.717) is 22.9 Å². The van der Waals surface area contributed by atoms with E-state index in [9.17, 15) is 4.79 Å². The molecule has 0 radical (unpaired) electrons. The number of benzene rings is 2. The predicted molar refractivity (Wildman–Crippen MR) is 118 cm³/mol. The lowest BCUT2D eigenvalue weighted by molar-refractivity contribution is 0.0437. The van der Waals surface area contributed by atoms with E-state index >= 15 is 0 Å². The Kier molecular flexibility index (Phi) is 6.37. The zero-order chi connectivity index (χ0) is 21.6. The number of esters is 1. The number of aromatic nitrogens is 1. The molecule has 3 aromatic rings. The molecule has 0 aliphatic heterocycles. The molecule has 0 amide bonds. The summed E-state index contributed by atoms with van der Waals surface area (Å²) in [4.78, 5) is 12.5. The standard InChI is InChI=1S/C26H25NO4/c1-18-14-22(13-12-20(18)11-10-19-6-3-4-7-19)26(28)30-17-24-16-25(27-31-24)21-8-5-9-23(15-21)29-2/h5,8-9,12-16,19H,3-4,6-7,17H2,1-2H3. The lowest BCUT2D eigenvalue weighted by Gasteiger charge is -2.05. The summed E-state index contributed by atoms with van der Waals surface area (Å²) < 4.78 is 16.0. The molecule has 0 bridgehead atoms. The van der Waals surface area contributed by atoms with Crippen molar-refractivity contribution in [3.05, 3.63) is 71.0 Å². The smallest absolute Gasteiger partial charge is 0.338 e. The lowest BCUT2D eigenvalue weighted by Crippen LogP contribution is -2.05. The van der Waals surface area contributed by atoms with Crippen LogP contribution in [0, 0.1) is 24.7 Å². The first-order valence-electron chi connectivity index (χ1n) is 10.5. The van der Waals surface area contributed by atoms with Crippen molar-refractivity contribution in [2.75, 3.05) is 7.11 Å². The van der Waals surface area contributed by atoms with E-state index < -0.39 is 5.97 Å². The minimum Gasteiger partial charge on any atom is -0.497 e. The summed E-state index contributed by atoms with van der Waals surface area (Å²) in [5.74, 6) is 7.95. The van der Waals surface area contributed by atoms with Crippen molar-refractivity contribution in [1.82, 2.24) is 5.16 Å². The van der Waals surface area contributed by atoms with Gasteiger partial charge < -0.3 is 14.0 Å². The second-order valence-corrected chi connectivity index (χ2v) is 7.77. The van der Waals surface area contributed by atoms with Crippen LogP contribution in [0.25, 0.3) is 11.3 Å². The molecule has 4 rings (SSSR count).